The first-order valence-electron chi connectivity index (χ1n) is 11.3. The summed E-state index contributed by atoms with van der Waals surface area (Å²) in [5.41, 5.74) is 1.62. The minimum atomic E-state index is -0.603. The third-order valence-electron chi connectivity index (χ3n) is 6.20. The van der Waals surface area contributed by atoms with Gasteiger partial charge in [0, 0.05) is 24.2 Å². The third-order valence-corrected chi connectivity index (χ3v) is 6.20. The number of nitrogens with zero attached hydrogens (tertiary/aromatic N) is 2. The molecule has 164 valence electrons. The zero-order valence-electron chi connectivity index (χ0n) is 18.0. The Bertz CT molecular complexity index is 1130. The van der Waals surface area contributed by atoms with Crippen molar-refractivity contribution in [3.8, 4) is 5.75 Å². The molecular weight excluding hydrogens is 402 g/mol. The fraction of sp³-hybridized carbons (Fsp3) is 0.308. The first-order chi connectivity index (χ1) is 15.7. The Labute approximate surface area is 187 Å². The summed E-state index contributed by atoms with van der Waals surface area (Å²) in [5.74, 6) is 0.535. The topological polar surface area (TPSA) is 61.9 Å². The highest BCUT2D eigenvalue weighted by atomic mass is 16.5. The van der Waals surface area contributed by atoms with E-state index in [-0.39, 0.29) is 18.4 Å². The van der Waals surface area contributed by atoms with E-state index in [1.54, 1.807) is 0 Å². The molecule has 1 atom stereocenters. The van der Waals surface area contributed by atoms with Crippen LogP contribution in [-0.2, 0) is 9.59 Å². The van der Waals surface area contributed by atoms with Gasteiger partial charge < -0.3 is 19.9 Å². The number of rotatable bonds is 4. The van der Waals surface area contributed by atoms with Crippen LogP contribution in [0.5, 0.6) is 5.75 Å². The molecule has 3 aromatic rings. The molecule has 6 nitrogen and oxygen atoms in total. The molecule has 2 aliphatic heterocycles. The van der Waals surface area contributed by atoms with Gasteiger partial charge in [-0.05, 0) is 42.8 Å². The molecule has 0 saturated carbocycles. The van der Waals surface area contributed by atoms with Gasteiger partial charge in [0.15, 0.2) is 6.10 Å². The zero-order chi connectivity index (χ0) is 21.9. The number of ether oxygens (including phenoxy) is 1. The number of hydrogen-bond donors (Lipinski definition) is 1. The minimum Gasteiger partial charge on any atom is -0.477 e. The van der Waals surface area contributed by atoms with E-state index in [9.17, 15) is 9.59 Å². The Balaban J connectivity index is 1.34. The SMILES string of the molecule is O=C(CN1C[C@@H](C(=O)N2CCCCC2)Oc2ccccc21)Nc1cccc2ccccc12. The number of para-hydroxylation sites is 2. The van der Waals surface area contributed by atoms with Gasteiger partial charge in [-0.3, -0.25) is 9.59 Å². The van der Waals surface area contributed by atoms with Crippen LogP contribution in [0.2, 0.25) is 0 Å². The summed E-state index contributed by atoms with van der Waals surface area (Å²) >= 11 is 0. The highest BCUT2D eigenvalue weighted by Crippen LogP contribution is 2.33. The number of amides is 2. The Morgan fingerprint density at radius 1 is 0.906 bits per heavy atom. The molecular formula is C26H27N3O3. The molecule has 2 amide bonds. The molecule has 0 spiro atoms. The van der Waals surface area contributed by atoms with Crippen molar-refractivity contribution in [2.24, 2.45) is 0 Å². The second-order valence-corrected chi connectivity index (χ2v) is 8.42. The summed E-state index contributed by atoms with van der Waals surface area (Å²) in [7, 11) is 0. The molecule has 1 saturated heterocycles. The van der Waals surface area contributed by atoms with Crippen molar-refractivity contribution < 1.29 is 14.3 Å². The number of carbonyl (C=O) groups is 2. The van der Waals surface area contributed by atoms with Gasteiger partial charge in [-0.15, -0.1) is 0 Å². The Morgan fingerprint density at radius 3 is 2.53 bits per heavy atom. The van der Waals surface area contributed by atoms with Gasteiger partial charge in [0.25, 0.3) is 5.91 Å². The normalized spacial score (nSPS) is 18.1. The summed E-state index contributed by atoms with van der Waals surface area (Å²) in [6.07, 6.45) is 2.63. The molecule has 0 radical (unpaired) electrons. The van der Waals surface area contributed by atoms with Gasteiger partial charge >= 0.3 is 0 Å². The molecule has 2 aliphatic rings. The fourth-order valence-corrected chi connectivity index (χ4v) is 4.60. The maximum absolute atomic E-state index is 13.1. The zero-order valence-corrected chi connectivity index (χ0v) is 18.0. The van der Waals surface area contributed by atoms with E-state index in [1.165, 1.54) is 6.42 Å². The van der Waals surface area contributed by atoms with Gasteiger partial charge in [0.1, 0.15) is 5.75 Å². The van der Waals surface area contributed by atoms with Crippen molar-refractivity contribution in [2.45, 2.75) is 25.4 Å². The van der Waals surface area contributed by atoms with E-state index in [1.807, 2.05) is 76.5 Å². The smallest absolute Gasteiger partial charge is 0.265 e. The van der Waals surface area contributed by atoms with Crippen LogP contribution in [0.3, 0.4) is 0 Å². The monoisotopic (exact) mass is 429 g/mol. The lowest BCUT2D eigenvalue weighted by Crippen LogP contribution is -2.52. The van der Waals surface area contributed by atoms with Crippen LogP contribution in [0.4, 0.5) is 11.4 Å². The number of nitrogens with one attached hydrogen (secondary N) is 1. The predicted octanol–water partition coefficient (Wildman–Crippen LogP) is 4.06. The number of hydrogen-bond acceptors (Lipinski definition) is 4. The van der Waals surface area contributed by atoms with Crippen LogP contribution in [0, 0.1) is 0 Å². The summed E-state index contributed by atoms with van der Waals surface area (Å²) in [5, 5.41) is 5.14. The summed E-state index contributed by atoms with van der Waals surface area (Å²) in [4.78, 5) is 30.0. The number of anilines is 2. The van der Waals surface area contributed by atoms with Gasteiger partial charge in [-0.1, -0.05) is 48.5 Å². The van der Waals surface area contributed by atoms with E-state index < -0.39 is 6.10 Å². The van der Waals surface area contributed by atoms with Crippen LogP contribution in [0.15, 0.2) is 66.7 Å². The lowest BCUT2D eigenvalue weighted by molar-refractivity contribution is -0.139. The molecule has 2 heterocycles. The number of likely N-dealkylation sites (tertiary alicyclic amines) is 1. The van der Waals surface area contributed by atoms with Crippen LogP contribution >= 0.6 is 0 Å². The van der Waals surface area contributed by atoms with Crippen LogP contribution in [-0.4, -0.2) is 49.0 Å². The highest BCUT2D eigenvalue weighted by molar-refractivity contribution is 6.03. The maximum atomic E-state index is 13.1. The lowest BCUT2D eigenvalue weighted by atomic mass is 10.1. The molecule has 3 aromatic carbocycles. The lowest BCUT2D eigenvalue weighted by Gasteiger charge is -2.38. The van der Waals surface area contributed by atoms with Gasteiger partial charge in [-0.25, -0.2) is 0 Å². The van der Waals surface area contributed by atoms with Crippen molar-refractivity contribution in [3.63, 3.8) is 0 Å². The maximum Gasteiger partial charge on any atom is 0.265 e. The highest BCUT2D eigenvalue weighted by Gasteiger charge is 2.34. The van der Waals surface area contributed by atoms with E-state index in [2.05, 4.69) is 5.32 Å². The Hall–Kier alpha value is -3.54. The number of benzene rings is 3. The molecule has 1 fully saturated rings. The minimum absolute atomic E-state index is 0.0127. The second kappa shape index (κ2) is 8.91. The van der Waals surface area contributed by atoms with E-state index in [4.69, 9.17) is 4.74 Å². The summed E-state index contributed by atoms with van der Waals surface area (Å²) in [6.45, 7) is 2.06. The average Bonchev–Trinajstić information content (AvgIpc) is 2.84. The summed E-state index contributed by atoms with van der Waals surface area (Å²) < 4.78 is 6.07. The first kappa shape index (κ1) is 20.4. The standard InChI is InChI=1S/C26H27N3O3/c30-25(27-21-12-8-10-19-9-2-3-11-20(19)21)18-29-17-24(26(31)28-15-6-1-7-16-28)32-23-14-5-4-13-22(23)29/h2-5,8-14,24H,1,6-7,15-18H2,(H,27,30)/t24-/m0/s1. The summed E-state index contributed by atoms with van der Waals surface area (Å²) in [6, 6.07) is 21.5. The molecule has 0 bridgehead atoms. The Morgan fingerprint density at radius 2 is 1.66 bits per heavy atom. The molecule has 32 heavy (non-hydrogen) atoms. The molecule has 1 N–H and O–H groups in total. The molecule has 5 rings (SSSR count). The van der Waals surface area contributed by atoms with Crippen molar-refractivity contribution in [1.29, 1.82) is 0 Å². The molecule has 6 heteroatoms. The van der Waals surface area contributed by atoms with Crippen molar-refractivity contribution in [1.82, 2.24) is 4.90 Å². The molecule has 0 aliphatic carbocycles. The quantitative estimate of drug-likeness (QED) is 0.680. The number of fused-ring (bicyclic) bond motifs is 2. The third kappa shape index (κ3) is 4.13. The van der Waals surface area contributed by atoms with Crippen molar-refractivity contribution in [3.05, 3.63) is 66.7 Å². The molecule has 0 unspecified atom stereocenters. The van der Waals surface area contributed by atoms with Crippen molar-refractivity contribution in [2.75, 3.05) is 36.4 Å². The van der Waals surface area contributed by atoms with Gasteiger partial charge in [0.05, 0.1) is 18.8 Å². The van der Waals surface area contributed by atoms with Gasteiger partial charge in [0.2, 0.25) is 5.91 Å². The average molecular weight is 430 g/mol. The largest absolute Gasteiger partial charge is 0.477 e. The first-order valence-corrected chi connectivity index (χ1v) is 11.3. The van der Waals surface area contributed by atoms with Crippen LogP contribution < -0.4 is 15.0 Å². The van der Waals surface area contributed by atoms with E-state index >= 15 is 0 Å². The number of piperidine rings is 1. The van der Waals surface area contributed by atoms with E-state index in [0.29, 0.717) is 12.3 Å². The van der Waals surface area contributed by atoms with E-state index in [0.717, 1.165) is 48.1 Å². The van der Waals surface area contributed by atoms with Crippen LogP contribution in [0.25, 0.3) is 10.8 Å². The fourth-order valence-electron chi connectivity index (χ4n) is 4.60. The van der Waals surface area contributed by atoms with Gasteiger partial charge in [-0.2, -0.15) is 0 Å². The number of carbonyl (C=O) groups excluding carboxylic acids is 2. The predicted molar refractivity (Wildman–Crippen MR) is 126 cm³/mol. The second-order valence-electron chi connectivity index (χ2n) is 8.42. The molecule has 0 aromatic heterocycles. The van der Waals surface area contributed by atoms with Crippen molar-refractivity contribution >= 4 is 34.0 Å². The Kier molecular flexibility index (Phi) is 5.67. The van der Waals surface area contributed by atoms with Crippen LogP contribution in [0.1, 0.15) is 19.3 Å².